The van der Waals surface area contributed by atoms with Gasteiger partial charge in [0.1, 0.15) is 0 Å². The summed E-state index contributed by atoms with van der Waals surface area (Å²) < 4.78 is 0. The van der Waals surface area contributed by atoms with Crippen molar-refractivity contribution in [3.05, 3.63) is 0 Å². The van der Waals surface area contributed by atoms with Crippen LogP contribution in [0.4, 0.5) is 0 Å². The van der Waals surface area contributed by atoms with Crippen LogP contribution in [0.1, 0.15) is 85.5 Å². The standard InChI is InChI=1S/C25H44O3/c1-5-17-21-14-16(27)8-11-25(21,4)20-9-12-24(3)18(15(2)10-13-26)6-7-19(24)22(20)23(17)28/h15-23,26-28H,5-14H2,1-4H3/t15-,16-,17-,18?,19?,20?,21+,22+,23-,24-,25-/m1/s1. The quantitative estimate of drug-likeness (QED) is 0.653. The minimum Gasteiger partial charge on any atom is -0.396 e. The molecule has 0 bridgehead atoms. The summed E-state index contributed by atoms with van der Waals surface area (Å²) in [5.74, 6) is 3.78. The van der Waals surface area contributed by atoms with E-state index in [0.717, 1.165) is 32.1 Å². The lowest BCUT2D eigenvalue weighted by molar-refractivity contribution is -0.203. The first-order chi connectivity index (χ1) is 13.3. The average molecular weight is 393 g/mol. The van der Waals surface area contributed by atoms with E-state index in [0.29, 0.717) is 58.9 Å². The molecule has 3 nitrogen and oxygen atoms in total. The van der Waals surface area contributed by atoms with Crippen LogP contribution in [-0.4, -0.2) is 34.1 Å². The van der Waals surface area contributed by atoms with Gasteiger partial charge in [-0.1, -0.05) is 34.1 Å². The van der Waals surface area contributed by atoms with Crippen LogP contribution in [0.5, 0.6) is 0 Å². The Morgan fingerprint density at radius 1 is 0.929 bits per heavy atom. The van der Waals surface area contributed by atoms with E-state index in [-0.39, 0.29) is 12.2 Å². The second-order valence-corrected chi connectivity index (χ2v) is 11.6. The van der Waals surface area contributed by atoms with Crippen LogP contribution < -0.4 is 0 Å². The maximum atomic E-state index is 11.7. The van der Waals surface area contributed by atoms with Gasteiger partial charge in [0, 0.05) is 6.61 Å². The molecule has 0 heterocycles. The topological polar surface area (TPSA) is 60.7 Å². The first kappa shape index (κ1) is 21.1. The maximum absolute atomic E-state index is 11.7. The summed E-state index contributed by atoms with van der Waals surface area (Å²) in [6.45, 7) is 9.92. The highest BCUT2D eigenvalue weighted by atomic mass is 16.3. The summed E-state index contributed by atoms with van der Waals surface area (Å²) in [5.41, 5.74) is 0.617. The smallest absolute Gasteiger partial charge is 0.0605 e. The summed E-state index contributed by atoms with van der Waals surface area (Å²) in [6, 6.07) is 0. The highest BCUT2D eigenvalue weighted by Gasteiger charge is 2.64. The highest BCUT2D eigenvalue weighted by molar-refractivity contribution is 5.13. The largest absolute Gasteiger partial charge is 0.396 e. The van der Waals surface area contributed by atoms with Crippen molar-refractivity contribution in [3.63, 3.8) is 0 Å². The van der Waals surface area contributed by atoms with Crippen LogP contribution in [0, 0.1) is 52.3 Å². The monoisotopic (exact) mass is 392 g/mol. The van der Waals surface area contributed by atoms with Gasteiger partial charge in [-0.25, -0.2) is 0 Å². The van der Waals surface area contributed by atoms with Crippen LogP contribution in [0.15, 0.2) is 0 Å². The van der Waals surface area contributed by atoms with Gasteiger partial charge in [0.2, 0.25) is 0 Å². The molecule has 0 aliphatic heterocycles. The molecule has 0 radical (unpaired) electrons. The number of hydrogen-bond donors (Lipinski definition) is 3. The third-order valence-electron chi connectivity index (χ3n) is 10.7. The Balaban J connectivity index is 1.67. The predicted octanol–water partition coefficient (Wildman–Crippen LogP) is 4.63. The first-order valence-corrected chi connectivity index (χ1v) is 12.2. The Hall–Kier alpha value is -0.120. The van der Waals surface area contributed by atoms with Crippen molar-refractivity contribution in [2.24, 2.45) is 52.3 Å². The highest BCUT2D eigenvalue weighted by Crippen LogP contribution is 2.69. The van der Waals surface area contributed by atoms with Gasteiger partial charge in [0.25, 0.3) is 0 Å². The molecule has 28 heavy (non-hydrogen) atoms. The molecule has 3 heteroatoms. The molecule has 0 aromatic rings. The van der Waals surface area contributed by atoms with E-state index in [1.165, 1.54) is 25.7 Å². The second-order valence-electron chi connectivity index (χ2n) is 11.6. The molecular formula is C25H44O3. The van der Waals surface area contributed by atoms with Gasteiger partial charge >= 0.3 is 0 Å². The van der Waals surface area contributed by atoms with Crippen molar-refractivity contribution in [1.82, 2.24) is 0 Å². The number of aliphatic hydroxyl groups is 3. The lowest BCUT2D eigenvalue weighted by atomic mass is 9.41. The Bertz CT molecular complexity index is 564. The van der Waals surface area contributed by atoms with Crippen LogP contribution in [0.3, 0.4) is 0 Å². The molecule has 4 saturated carbocycles. The molecule has 4 aliphatic rings. The van der Waals surface area contributed by atoms with Gasteiger partial charge in [-0.2, -0.15) is 0 Å². The third kappa shape index (κ3) is 2.94. The van der Waals surface area contributed by atoms with Gasteiger partial charge in [-0.15, -0.1) is 0 Å². The average Bonchev–Trinajstić information content (AvgIpc) is 3.01. The summed E-state index contributed by atoms with van der Waals surface area (Å²) in [6.07, 6.45) is 9.62. The summed E-state index contributed by atoms with van der Waals surface area (Å²) >= 11 is 0. The van der Waals surface area contributed by atoms with Crippen LogP contribution >= 0.6 is 0 Å². The Kier molecular flexibility index (Phi) is 5.69. The minimum absolute atomic E-state index is 0.167. The van der Waals surface area contributed by atoms with Gasteiger partial charge < -0.3 is 15.3 Å². The molecule has 4 rings (SSSR count). The molecule has 11 atom stereocenters. The number of fused-ring (bicyclic) bond motifs is 5. The van der Waals surface area contributed by atoms with Crippen LogP contribution in [0.2, 0.25) is 0 Å². The molecule has 4 aliphatic carbocycles. The summed E-state index contributed by atoms with van der Waals surface area (Å²) in [4.78, 5) is 0. The van der Waals surface area contributed by atoms with Crippen LogP contribution in [-0.2, 0) is 0 Å². The van der Waals surface area contributed by atoms with Gasteiger partial charge in [-0.3, -0.25) is 0 Å². The number of hydrogen-bond acceptors (Lipinski definition) is 3. The first-order valence-electron chi connectivity index (χ1n) is 12.2. The molecule has 0 aromatic carbocycles. The van der Waals surface area contributed by atoms with E-state index in [1.54, 1.807) is 0 Å². The van der Waals surface area contributed by atoms with Gasteiger partial charge in [0.15, 0.2) is 0 Å². The summed E-state index contributed by atoms with van der Waals surface area (Å²) in [7, 11) is 0. The van der Waals surface area contributed by atoms with Crippen molar-refractivity contribution in [2.45, 2.75) is 97.7 Å². The summed E-state index contributed by atoms with van der Waals surface area (Å²) in [5, 5.41) is 31.6. The zero-order valence-electron chi connectivity index (χ0n) is 18.6. The van der Waals surface area contributed by atoms with E-state index < -0.39 is 0 Å². The predicted molar refractivity (Wildman–Crippen MR) is 113 cm³/mol. The number of rotatable bonds is 4. The van der Waals surface area contributed by atoms with E-state index in [1.807, 2.05) is 0 Å². The molecule has 3 N–H and O–H groups in total. The minimum atomic E-state index is -0.199. The zero-order valence-corrected chi connectivity index (χ0v) is 18.6. The lowest BCUT2D eigenvalue weighted by Crippen LogP contribution is -2.62. The van der Waals surface area contributed by atoms with Crippen molar-refractivity contribution in [1.29, 1.82) is 0 Å². The molecule has 0 amide bonds. The van der Waals surface area contributed by atoms with Gasteiger partial charge in [0.05, 0.1) is 12.2 Å². The normalized spacial score (nSPS) is 54.5. The van der Waals surface area contributed by atoms with E-state index >= 15 is 0 Å². The third-order valence-corrected chi connectivity index (χ3v) is 10.7. The lowest BCUT2D eigenvalue weighted by Gasteiger charge is -2.64. The fraction of sp³-hybridized carbons (Fsp3) is 1.00. The molecule has 0 spiro atoms. The molecule has 162 valence electrons. The van der Waals surface area contributed by atoms with Crippen molar-refractivity contribution >= 4 is 0 Å². The van der Waals surface area contributed by atoms with Crippen LogP contribution in [0.25, 0.3) is 0 Å². The van der Waals surface area contributed by atoms with E-state index in [2.05, 4.69) is 27.7 Å². The molecule has 4 fully saturated rings. The van der Waals surface area contributed by atoms with Gasteiger partial charge in [-0.05, 0) is 104 Å². The van der Waals surface area contributed by atoms with E-state index in [4.69, 9.17) is 0 Å². The molecular weight excluding hydrogens is 348 g/mol. The fourth-order valence-corrected chi connectivity index (χ4v) is 9.34. The molecule has 3 unspecified atom stereocenters. The van der Waals surface area contributed by atoms with Crippen molar-refractivity contribution in [3.8, 4) is 0 Å². The molecule has 0 aromatic heterocycles. The van der Waals surface area contributed by atoms with Crippen molar-refractivity contribution in [2.75, 3.05) is 6.61 Å². The maximum Gasteiger partial charge on any atom is 0.0605 e. The Morgan fingerprint density at radius 2 is 1.61 bits per heavy atom. The Labute approximate surface area is 172 Å². The van der Waals surface area contributed by atoms with E-state index in [9.17, 15) is 15.3 Å². The molecule has 0 saturated heterocycles. The second kappa shape index (κ2) is 7.54. The Morgan fingerprint density at radius 3 is 2.29 bits per heavy atom. The SMILES string of the molecule is CC[C@H]1[C@@H](O)[C@H]2C3CCC([C@H](C)CCO)[C@@]3(C)CCC2[C@@]2(C)CC[C@@H](O)C[C@@H]12. The fourth-order valence-electron chi connectivity index (χ4n) is 9.34. The number of aliphatic hydroxyl groups excluding tert-OH is 3. The zero-order chi connectivity index (χ0) is 20.3. The van der Waals surface area contributed by atoms with Crippen molar-refractivity contribution < 1.29 is 15.3 Å².